The molecule has 194 valence electrons. The summed E-state index contributed by atoms with van der Waals surface area (Å²) in [5, 5.41) is 14.6. The normalized spacial score (nSPS) is 19.3. The standard InChI is InChI=1S/C27H27N7O4/c1-5-38-24-23(28-13-21(29-24)25(35)34(2)3)31-22-16-8-6-14(10-20(16)32-33-22)18-12-27(18)17-11-15(37-4)7-9-19(17)30-26(27)36/h6-11,13,18H,5,12H2,1-4H3,(H,30,36)(H2,28,31,32,33)/t18-,27-/m0/s1. The molecule has 0 bridgehead atoms. The second-order valence-electron chi connectivity index (χ2n) is 9.64. The lowest BCUT2D eigenvalue weighted by atomic mass is 9.91. The van der Waals surface area contributed by atoms with E-state index in [2.05, 4.69) is 30.8 Å². The van der Waals surface area contributed by atoms with Crippen LogP contribution in [0.15, 0.2) is 42.6 Å². The van der Waals surface area contributed by atoms with Crippen molar-refractivity contribution in [1.82, 2.24) is 25.1 Å². The summed E-state index contributed by atoms with van der Waals surface area (Å²) in [6, 6.07) is 11.7. The van der Waals surface area contributed by atoms with Gasteiger partial charge in [0.15, 0.2) is 17.3 Å². The first-order valence-electron chi connectivity index (χ1n) is 12.3. The van der Waals surface area contributed by atoms with Gasteiger partial charge >= 0.3 is 0 Å². The van der Waals surface area contributed by atoms with Crippen molar-refractivity contribution in [1.29, 1.82) is 0 Å². The van der Waals surface area contributed by atoms with Gasteiger partial charge in [-0.2, -0.15) is 5.10 Å². The van der Waals surface area contributed by atoms with Crippen molar-refractivity contribution in [3.05, 3.63) is 59.4 Å². The molecule has 0 unspecified atom stereocenters. The van der Waals surface area contributed by atoms with E-state index in [4.69, 9.17) is 9.47 Å². The monoisotopic (exact) mass is 513 g/mol. The topological polar surface area (TPSA) is 134 Å². The second-order valence-corrected chi connectivity index (χ2v) is 9.64. The van der Waals surface area contributed by atoms with Gasteiger partial charge in [0.2, 0.25) is 5.91 Å². The third kappa shape index (κ3) is 3.61. The fourth-order valence-electron chi connectivity index (χ4n) is 5.19. The third-order valence-electron chi connectivity index (χ3n) is 7.19. The first-order chi connectivity index (χ1) is 18.3. The number of rotatable bonds is 7. The molecule has 11 heteroatoms. The van der Waals surface area contributed by atoms with Crippen molar-refractivity contribution in [3.63, 3.8) is 0 Å². The number of amides is 2. The van der Waals surface area contributed by atoms with Crippen molar-refractivity contribution in [3.8, 4) is 11.6 Å². The van der Waals surface area contributed by atoms with Crippen LogP contribution in [0.2, 0.25) is 0 Å². The maximum Gasteiger partial charge on any atom is 0.273 e. The number of aromatic amines is 1. The average molecular weight is 514 g/mol. The van der Waals surface area contributed by atoms with Crippen LogP contribution in [0.3, 0.4) is 0 Å². The molecular weight excluding hydrogens is 486 g/mol. The molecule has 6 rings (SSSR count). The Kier molecular flexibility index (Phi) is 5.44. The van der Waals surface area contributed by atoms with Crippen LogP contribution in [0, 0.1) is 0 Å². The molecule has 0 radical (unpaired) electrons. The molecule has 2 amide bonds. The number of aromatic nitrogens is 4. The summed E-state index contributed by atoms with van der Waals surface area (Å²) in [6.45, 7) is 2.19. The molecule has 1 aliphatic heterocycles. The lowest BCUT2D eigenvalue weighted by Crippen LogP contribution is -2.23. The lowest BCUT2D eigenvalue weighted by Gasteiger charge is -2.13. The van der Waals surface area contributed by atoms with Gasteiger partial charge in [-0.25, -0.2) is 9.97 Å². The average Bonchev–Trinajstić information content (AvgIpc) is 3.47. The number of carbonyl (C=O) groups excluding carboxylic acids is 2. The molecule has 0 saturated heterocycles. The molecule has 2 atom stereocenters. The Morgan fingerprint density at radius 2 is 2.05 bits per heavy atom. The minimum atomic E-state index is -0.577. The van der Waals surface area contributed by atoms with Gasteiger partial charge in [0.25, 0.3) is 11.8 Å². The molecule has 2 aromatic heterocycles. The van der Waals surface area contributed by atoms with Crippen molar-refractivity contribution in [2.45, 2.75) is 24.7 Å². The van der Waals surface area contributed by atoms with Crippen molar-refractivity contribution in [2.75, 3.05) is 38.4 Å². The van der Waals surface area contributed by atoms with Crippen LogP contribution in [0.25, 0.3) is 10.9 Å². The summed E-state index contributed by atoms with van der Waals surface area (Å²) in [7, 11) is 4.93. The predicted molar refractivity (Wildman–Crippen MR) is 141 cm³/mol. The van der Waals surface area contributed by atoms with Crippen LogP contribution in [-0.4, -0.2) is 64.7 Å². The molecule has 4 aromatic rings. The SMILES string of the molecule is CCOc1nc(C(=O)N(C)C)cnc1Nc1n[nH]c2cc([C@@H]3C[C@@]34C(=O)Nc3ccc(OC)cc34)ccc12. The van der Waals surface area contributed by atoms with E-state index >= 15 is 0 Å². The fraction of sp³-hybridized carbons (Fsp3) is 0.296. The van der Waals surface area contributed by atoms with Gasteiger partial charge in [0.1, 0.15) is 5.75 Å². The Labute approximate surface area is 218 Å². The molecule has 1 fully saturated rings. The van der Waals surface area contributed by atoms with Crippen molar-refractivity contribution >= 4 is 40.0 Å². The van der Waals surface area contributed by atoms with E-state index in [1.54, 1.807) is 21.2 Å². The number of anilines is 3. The molecule has 3 heterocycles. The van der Waals surface area contributed by atoms with Crippen LogP contribution in [-0.2, 0) is 10.2 Å². The van der Waals surface area contributed by atoms with Crippen molar-refractivity contribution < 1.29 is 19.1 Å². The lowest BCUT2D eigenvalue weighted by molar-refractivity contribution is -0.118. The smallest absolute Gasteiger partial charge is 0.273 e. The number of hydrogen-bond acceptors (Lipinski definition) is 8. The molecular formula is C27H27N7O4. The molecule has 1 saturated carbocycles. The van der Waals surface area contributed by atoms with Crippen LogP contribution >= 0.6 is 0 Å². The van der Waals surface area contributed by atoms with Crippen LogP contribution in [0.5, 0.6) is 11.6 Å². The quantitative estimate of drug-likeness (QED) is 0.341. The number of nitrogens with zero attached hydrogens (tertiary/aromatic N) is 4. The van der Waals surface area contributed by atoms with Gasteiger partial charge in [-0.1, -0.05) is 6.07 Å². The second kappa shape index (κ2) is 8.72. The van der Waals surface area contributed by atoms with Gasteiger partial charge < -0.3 is 25.0 Å². The van der Waals surface area contributed by atoms with E-state index < -0.39 is 5.41 Å². The summed E-state index contributed by atoms with van der Waals surface area (Å²) in [5.41, 5.74) is 3.32. The highest BCUT2D eigenvalue weighted by molar-refractivity contribution is 6.10. The van der Waals surface area contributed by atoms with Crippen LogP contribution in [0.4, 0.5) is 17.3 Å². The van der Waals surface area contributed by atoms with Gasteiger partial charge in [-0.3, -0.25) is 14.7 Å². The number of fused-ring (bicyclic) bond motifs is 3. The Balaban J connectivity index is 1.28. The molecule has 38 heavy (non-hydrogen) atoms. The predicted octanol–water partition coefficient (Wildman–Crippen LogP) is 3.58. The number of benzene rings is 2. The van der Waals surface area contributed by atoms with E-state index in [1.807, 2.05) is 43.3 Å². The Hall–Kier alpha value is -4.67. The number of ether oxygens (including phenoxy) is 2. The number of nitrogens with one attached hydrogen (secondary N) is 3. The Morgan fingerprint density at radius 3 is 2.82 bits per heavy atom. The zero-order valence-electron chi connectivity index (χ0n) is 21.5. The molecule has 1 spiro atoms. The zero-order valence-corrected chi connectivity index (χ0v) is 21.5. The highest BCUT2D eigenvalue weighted by atomic mass is 16.5. The fourth-order valence-corrected chi connectivity index (χ4v) is 5.19. The minimum Gasteiger partial charge on any atom is -0.497 e. The summed E-state index contributed by atoms with van der Waals surface area (Å²) in [5.74, 6) is 1.67. The first kappa shape index (κ1) is 23.7. The summed E-state index contributed by atoms with van der Waals surface area (Å²) in [4.78, 5) is 35.5. The van der Waals surface area contributed by atoms with Gasteiger partial charge in [-0.05, 0) is 54.8 Å². The maximum absolute atomic E-state index is 13.0. The first-order valence-corrected chi connectivity index (χ1v) is 12.3. The number of H-pyrrole nitrogens is 1. The maximum atomic E-state index is 13.0. The van der Waals surface area contributed by atoms with E-state index in [9.17, 15) is 9.59 Å². The Morgan fingerprint density at radius 1 is 1.21 bits per heavy atom. The highest BCUT2D eigenvalue weighted by Crippen LogP contribution is 2.65. The van der Waals surface area contributed by atoms with E-state index in [1.165, 1.54) is 11.1 Å². The molecule has 11 nitrogen and oxygen atoms in total. The van der Waals surface area contributed by atoms with E-state index in [0.29, 0.717) is 18.2 Å². The van der Waals surface area contributed by atoms with E-state index in [0.717, 1.165) is 39.9 Å². The molecule has 3 N–H and O–H groups in total. The molecule has 1 aliphatic carbocycles. The minimum absolute atomic E-state index is 0.0241. The van der Waals surface area contributed by atoms with Gasteiger partial charge in [-0.15, -0.1) is 0 Å². The largest absolute Gasteiger partial charge is 0.497 e. The van der Waals surface area contributed by atoms with Crippen LogP contribution in [0.1, 0.15) is 40.9 Å². The van der Waals surface area contributed by atoms with Gasteiger partial charge in [0.05, 0.1) is 30.8 Å². The van der Waals surface area contributed by atoms with Gasteiger partial charge in [0, 0.05) is 31.1 Å². The summed E-state index contributed by atoms with van der Waals surface area (Å²) >= 11 is 0. The third-order valence-corrected chi connectivity index (χ3v) is 7.19. The number of methoxy groups -OCH3 is 1. The van der Waals surface area contributed by atoms with Crippen molar-refractivity contribution in [2.24, 2.45) is 0 Å². The summed E-state index contributed by atoms with van der Waals surface area (Å²) in [6.07, 6.45) is 2.14. The summed E-state index contributed by atoms with van der Waals surface area (Å²) < 4.78 is 11.0. The highest BCUT2D eigenvalue weighted by Gasteiger charge is 2.65. The van der Waals surface area contributed by atoms with Crippen LogP contribution < -0.4 is 20.1 Å². The number of carbonyl (C=O) groups is 2. The zero-order chi connectivity index (χ0) is 26.6. The molecule has 2 aliphatic rings. The Bertz CT molecular complexity index is 1600. The van der Waals surface area contributed by atoms with E-state index in [-0.39, 0.29) is 29.3 Å². The number of hydrogen-bond donors (Lipinski definition) is 3. The molecule has 2 aromatic carbocycles.